The summed E-state index contributed by atoms with van der Waals surface area (Å²) in [6, 6.07) is 20.4. The van der Waals surface area contributed by atoms with Crippen LogP contribution in [0.15, 0.2) is 66.7 Å². The molecule has 0 fully saturated rings. The molecule has 4 rings (SSSR count). The molecule has 8 heteroatoms. The van der Waals surface area contributed by atoms with E-state index in [9.17, 15) is 9.59 Å². The standard InChI is InChI=1S/C24H21N3O4S/c1-15(28)25-16-11-12-21(30-2)19(13-16)26-23(29)14-31-20-9-5-3-7-17(20)24-27-18-8-4-6-10-22(18)32-24/h3-13H,14H2,1-2H3,(H,25,28)(H,26,29). The number of rotatable bonds is 7. The van der Waals surface area contributed by atoms with Gasteiger partial charge in [0.25, 0.3) is 5.91 Å². The third-order valence-corrected chi connectivity index (χ3v) is 5.63. The number of hydrogen-bond acceptors (Lipinski definition) is 6. The molecule has 0 spiro atoms. The summed E-state index contributed by atoms with van der Waals surface area (Å²) in [7, 11) is 1.51. The SMILES string of the molecule is COc1ccc(NC(C)=O)cc1NC(=O)COc1ccccc1-c1nc2ccccc2s1. The van der Waals surface area contributed by atoms with E-state index in [0.29, 0.717) is 22.9 Å². The molecule has 1 aromatic heterocycles. The van der Waals surface area contributed by atoms with E-state index in [0.717, 1.165) is 20.8 Å². The van der Waals surface area contributed by atoms with E-state index >= 15 is 0 Å². The largest absolute Gasteiger partial charge is 0.495 e. The van der Waals surface area contributed by atoms with Crippen molar-refractivity contribution in [1.82, 2.24) is 4.98 Å². The van der Waals surface area contributed by atoms with Crippen LogP contribution in [-0.4, -0.2) is 30.5 Å². The number of carbonyl (C=O) groups is 2. The Balaban J connectivity index is 1.49. The van der Waals surface area contributed by atoms with Gasteiger partial charge >= 0.3 is 0 Å². The van der Waals surface area contributed by atoms with Gasteiger partial charge in [-0.05, 0) is 42.5 Å². The Morgan fingerprint density at radius 1 is 0.969 bits per heavy atom. The van der Waals surface area contributed by atoms with Crippen molar-refractivity contribution < 1.29 is 19.1 Å². The highest BCUT2D eigenvalue weighted by atomic mass is 32.1. The van der Waals surface area contributed by atoms with E-state index in [1.807, 2.05) is 48.5 Å². The van der Waals surface area contributed by atoms with Crippen molar-refractivity contribution >= 4 is 44.7 Å². The molecule has 0 aliphatic rings. The molecule has 4 aromatic rings. The van der Waals surface area contributed by atoms with Crippen molar-refractivity contribution in [3.63, 3.8) is 0 Å². The average molecular weight is 448 g/mol. The second-order valence-corrected chi connectivity index (χ2v) is 7.95. The summed E-state index contributed by atoms with van der Waals surface area (Å²) >= 11 is 1.57. The topological polar surface area (TPSA) is 89.6 Å². The molecule has 2 N–H and O–H groups in total. The number of nitrogens with zero attached hydrogens (tertiary/aromatic N) is 1. The van der Waals surface area contributed by atoms with E-state index in [4.69, 9.17) is 9.47 Å². The van der Waals surface area contributed by atoms with Crippen molar-refractivity contribution in [3.8, 4) is 22.1 Å². The van der Waals surface area contributed by atoms with Crippen LogP contribution < -0.4 is 20.1 Å². The lowest BCUT2D eigenvalue weighted by atomic mass is 10.2. The quantitative estimate of drug-likeness (QED) is 0.419. The highest BCUT2D eigenvalue weighted by Crippen LogP contribution is 2.35. The Morgan fingerprint density at radius 3 is 2.53 bits per heavy atom. The molecule has 0 unspecified atom stereocenters. The predicted octanol–water partition coefficient (Wildman–Crippen LogP) is 4.95. The molecule has 7 nitrogen and oxygen atoms in total. The summed E-state index contributed by atoms with van der Waals surface area (Å²) in [5, 5.41) is 6.28. The first-order chi connectivity index (χ1) is 15.5. The molecule has 162 valence electrons. The zero-order valence-electron chi connectivity index (χ0n) is 17.5. The van der Waals surface area contributed by atoms with Gasteiger partial charge in [-0.3, -0.25) is 9.59 Å². The maximum atomic E-state index is 12.6. The first kappa shape index (κ1) is 21.3. The fourth-order valence-electron chi connectivity index (χ4n) is 3.17. The van der Waals surface area contributed by atoms with Gasteiger partial charge in [0.1, 0.15) is 16.5 Å². The fraction of sp³-hybridized carbons (Fsp3) is 0.125. The van der Waals surface area contributed by atoms with Gasteiger partial charge in [0.2, 0.25) is 5.91 Å². The van der Waals surface area contributed by atoms with Gasteiger partial charge in [-0.25, -0.2) is 4.98 Å². The van der Waals surface area contributed by atoms with Crippen LogP contribution >= 0.6 is 11.3 Å². The molecule has 32 heavy (non-hydrogen) atoms. The molecule has 0 saturated carbocycles. The van der Waals surface area contributed by atoms with Gasteiger partial charge in [0.15, 0.2) is 6.61 Å². The predicted molar refractivity (Wildman–Crippen MR) is 126 cm³/mol. The third kappa shape index (κ3) is 4.87. The zero-order valence-corrected chi connectivity index (χ0v) is 18.4. The number of nitrogens with one attached hydrogen (secondary N) is 2. The Bertz CT molecular complexity index is 1250. The maximum absolute atomic E-state index is 12.6. The Morgan fingerprint density at radius 2 is 1.75 bits per heavy atom. The molecule has 0 aliphatic carbocycles. The van der Waals surface area contributed by atoms with Crippen LogP contribution in [0.2, 0.25) is 0 Å². The number of benzene rings is 3. The third-order valence-electron chi connectivity index (χ3n) is 4.56. The number of methoxy groups -OCH3 is 1. The van der Waals surface area contributed by atoms with Crippen LogP contribution in [0.3, 0.4) is 0 Å². The smallest absolute Gasteiger partial charge is 0.262 e. The Hall–Kier alpha value is -3.91. The normalized spacial score (nSPS) is 10.6. The van der Waals surface area contributed by atoms with Gasteiger partial charge in [0.05, 0.1) is 28.6 Å². The minimum atomic E-state index is -0.359. The molecule has 0 radical (unpaired) electrons. The first-order valence-corrected chi connectivity index (χ1v) is 10.7. The van der Waals surface area contributed by atoms with Crippen LogP contribution in [-0.2, 0) is 9.59 Å². The molecule has 0 bridgehead atoms. The van der Waals surface area contributed by atoms with Crippen LogP contribution in [0.5, 0.6) is 11.5 Å². The van der Waals surface area contributed by atoms with Crippen LogP contribution in [0.25, 0.3) is 20.8 Å². The lowest BCUT2D eigenvalue weighted by Crippen LogP contribution is -2.21. The number of aromatic nitrogens is 1. The van der Waals surface area contributed by atoms with E-state index in [1.54, 1.807) is 29.5 Å². The number of thiazole rings is 1. The van der Waals surface area contributed by atoms with Gasteiger partial charge in [-0.2, -0.15) is 0 Å². The highest BCUT2D eigenvalue weighted by Gasteiger charge is 2.14. The summed E-state index contributed by atoms with van der Waals surface area (Å²) in [5.41, 5.74) is 2.74. The molecule has 0 atom stereocenters. The van der Waals surface area contributed by atoms with E-state index in [-0.39, 0.29) is 18.4 Å². The van der Waals surface area contributed by atoms with E-state index in [2.05, 4.69) is 15.6 Å². The van der Waals surface area contributed by atoms with Crippen LogP contribution in [0.1, 0.15) is 6.92 Å². The number of para-hydroxylation sites is 2. The van der Waals surface area contributed by atoms with E-state index in [1.165, 1.54) is 14.0 Å². The Kier molecular flexibility index (Phi) is 6.32. The number of carbonyl (C=O) groups excluding carboxylic acids is 2. The minimum Gasteiger partial charge on any atom is -0.495 e. The lowest BCUT2D eigenvalue weighted by Gasteiger charge is -2.13. The lowest BCUT2D eigenvalue weighted by molar-refractivity contribution is -0.118. The summed E-state index contributed by atoms with van der Waals surface area (Å²) < 4.78 is 12.2. The maximum Gasteiger partial charge on any atom is 0.262 e. The summed E-state index contributed by atoms with van der Waals surface area (Å²) in [5.74, 6) is 0.479. The first-order valence-electron chi connectivity index (χ1n) is 9.87. The monoisotopic (exact) mass is 447 g/mol. The second-order valence-electron chi connectivity index (χ2n) is 6.92. The highest BCUT2D eigenvalue weighted by molar-refractivity contribution is 7.21. The molecule has 1 heterocycles. The van der Waals surface area contributed by atoms with Crippen molar-refractivity contribution in [2.24, 2.45) is 0 Å². The zero-order chi connectivity index (χ0) is 22.5. The minimum absolute atomic E-state index is 0.199. The number of anilines is 2. The summed E-state index contributed by atoms with van der Waals surface area (Å²) in [6.45, 7) is 1.22. The van der Waals surface area contributed by atoms with Gasteiger partial charge in [-0.15, -0.1) is 11.3 Å². The van der Waals surface area contributed by atoms with Crippen molar-refractivity contribution in [2.75, 3.05) is 24.4 Å². The van der Waals surface area contributed by atoms with Crippen molar-refractivity contribution in [2.45, 2.75) is 6.92 Å². The Labute approximate surface area is 189 Å². The van der Waals surface area contributed by atoms with Crippen LogP contribution in [0.4, 0.5) is 11.4 Å². The second kappa shape index (κ2) is 9.49. The number of hydrogen-bond donors (Lipinski definition) is 2. The van der Waals surface area contributed by atoms with Gasteiger partial charge in [-0.1, -0.05) is 24.3 Å². The van der Waals surface area contributed by atoms with Crippen LogP contribution in [0, 0.1) is 0 Å². The average Bonchev–Trinajstić information content (AvgIpc) is 3.22. The van der Waals surface area contributed by atoms with Crippen molar-refractivity contribution in [1.29, 1.82) is 0 Å². The van der Waals surface area contributed by atoms with Gasteiger partial charge in [0, 0.05) is 12.6 Å². The molecular weight excluding hydrogens is 426 g/mol. The molecule has 0 saturated heterocycles. The van der Waals surface area contributed by atoms with Gasteiger partial charge < -0.3 is 20.1 Å². The summed E-state index contributed by atoms with van der Waals surface area (Å²) in [6.07, 6.45) is 0. The molecule has 0 aliphatic heterocycles. The summed E-state index contributed by atoms with van der Waals surface area (Å²) in [4.78, 5) is 28.6. The number of fused-ring (bicyclic) bond motifs is 1. The fourth-order valence-corrected chi connectivity index (χ4v) is 4.17. The molecule has 2 amide bonds. The molecular formula is C24H21N3O4S. The number of ether oxygens (including phenoxy) is 2. The van der Waals surface area contributed by atoms with E-state index < -0.39 is 0 Å². The van der Waals surface area contributed by atoms with Crippen molar-refractivity contribution in [3.05, 3.63) is 66.7 Å². The molecule has 3 aromatic carbocycles. The number of amides is 2.